The molecule has 4 rings (SSSR count). The van der Waals surface area contributed by atoms with Crippen molar-refractivity contribution in [1.29, 1.82) is 0 Å². The lowest BCUT2D eigenvalue weighted by Crippen LogP contribution is -2.48. The SMILES string of the molecule is O=S(=O)(C=Cc1ccccc1)N1CCN(c2nc(-c3ccsc3)cs2)CC1. The number of thiophene rings is 1. The first-order chi connectivity index (χ1) is 13.1. The fourth-order valence-corrected chi connectivity index (χ4v) is 5.61. The maximum Gasteiger partial charge on any atom is 0.236 e. The number of piperazine rings is 1. The van der Waals surface area contributed by atoms with Gasteiger partial charge in [0.15, 0.2) is 5.13 Å². The molecule has 0 saturated carbocycles. The minimum Gasteiger partial charge on any atom is -0.345 e. The number of rotatable bonds is 5. The number of hydrogen-bond donors (Lipinski definition) is 0. The summed E-state index contributed by atoms with van der Waals surface area (Å²) >= 11 is 3.26. The first-order valence-corrected chi connectivity index (χ1v) is 11.9. The largest absolute Gasteiger partial charge is 0.345 e. The van der Waals surface area contributed by atoms with Gasteiger partial charge in [0, 0.05) is 47.9 Å². The Labute approximate surface area is 167 Å². The van der Waals surface area contributed by atoms with Crippen LogP contribution in [-0.4, -0.2) is 43.9 Å². The van der Waals surface area contributed by atoms with Crippen LogP contribution in [0, 0.1) is 0 Å². The van der Waals surface area contributed by atoms with Crippen molar-refractivity contribution in [3.8, 4) is 11.3 Å². The molecule has 3 heterocycles. The summed E-state index contributed by atoms with van der Waals surface area (Å²) in [7, 11) is -3.41. The highest BCUT2D eigenvalue weighted by Gasteiger charge is 2.26. The van der Waals surface area contributed by atoms with Gasteiger partial charge in [-0.1, -0.05) is 30.3 Å². The van der Waals surface area contributed by atoms with E-state index in [0.717, 1.165) is 22.0 Å². The normalized spacial score (nSPS) is 16.2. The molecule has 0 spiro atoms. The first kappa shape index (κ1) is 18.4. The minimum absolute atomic E-state index is 0.467. The third-order valence-electron chi connectivity index (χ3n) is 4.41. The van der Waals surface area contributed by atoms with Crippen molar-refractivity contribution >= 4 is 43.9 Å². The number of hydrogen-bond acceptors (Lipinski definition) is 6. The third-order valence-corrected chi connectivity index (χ3v) is 7.56. The van der Waals surface area contributed by atoms with Gasteiger partial charge in [0.2, 0.25) is 10.0 Å². The van der Waals surface area contributed by atoms with Gasteiger partial charge in [-0.2, -0.15) is 15.6 Å². The lowest BCUT2D eigenvalue weighted by molar-refractivity contribution is 0.390. The van der Waals surface area contributed by atoms with Crippen LogP contribution in [0.5, 0.6) is 0 Å². The summed E-state index contributed by atoms with van der Waals surface area (Å²) < 4.78 is 26.7. The number of benzene rings is 1. The lowest BCUT2D eigenvalue weighted by Gasteiger charge is -2.33. The molecule has 5 nitrogen and oxygen atoms in total. The quantitative estimate of drug-likeness (QED) is 0.630. The molecular weight excluding hydrogens is 398 g/mol. The van der Waals surface area contributed by atoms with Crippen LogP contribution in [0.2, 0.25) is 0 Å². The van der Waals surface area contributed by atoms with Gasteiger partial charge in [-0.05, 0) is 23.1 Å². The molecule has 1 aliphatic rings. The average molecular weight is 418 g/mol. The molecule has 0 unspecified atom stereocenters. The highest BCUT2D eigenvalue weighted by atomic mass is 32.2. The van der Waals surface area contributed by atoms with E-state index in [1.165, 1.54) is 9.71 Å². The van der Waals surface area contributed by atoms with E-state index < -0.39 is 10.0 Å². The lowest BCUT2D eigenvalue weighted by atomic mass is 10.2. The van der Waals surface area contributed by atoms with Crippen LogP contribution in [0.4, 0.5) is 5.13 Å². The van der Waals surface area contributed by atoms with Crippen molar-refractivity contribution in [1.82, 2.24) is 9.29 Å². The minimum atomic E-state index is -3.41. The van der Waals surface area contributed by atoms with Gasteiger partial charge in [0.1, 0.15) is 0 Å². The van der Waals surface area contributed by atoms with Crippen LogP contribution in [0.1, 0.15) is 5.56 Å². The number of thiazole rings is 1. The van der Waals surface area contributed by atoms with Gasteiger partial charge in [-0.3, -0.25) is 0 Å². The van der Waals surface area contributed by atoms with Gasteiger partial charge in [-0.25, -0.2) is 13.4 Å². The van der Waals surface area contributed by atoms with E-state index >= 15 is 0 Å². The van der Waals surface area contributed by atoms with E-state index in [-0.39, 0.29) is 0 Å². The maximum atomic E-state index is 12.6. The Morgan fingerprint density at radius 3 is 2.48 bits per heavy atom. The van der Waals surface area contributed by atoms with Crippen LogP contribution in [0.3, 0.4) is 0 Å². The standard InChI is InChI=1S/C19H19N3O2S3/c23-27(24,13-7-16-4-2-1-3-5-16)22-10-8-21(9-11-22)19-20-18(15-26-19)17-6-12-25-14-17/h1-7,12-15H,8-11H2. The summed E-state index contributed by atoms with van der Waals surface area (Å²) in [5, 5.41) is 8.44. The number of sulfonamides is 1. The van der Waals surface area contributed by atoms with Gasteiger partial charge in [0.25, 0.3) is 0 Å². The average Bonchev–Trinajstić information content (AvgIpc) is 3.39. The van der Waals surface area contributed by atoms with Gasteiger partial charge >= 0.3 is 0 Å². The second kappa shape index (κ2) is 7.93. The highest BCUT2D eigenvalue weighted by Crippen LogP contribution is 2.29. The number of nitrogens with zero attached hydrogens (tertiary/aromatic N) is 3. The molecule has 0 aliphatic carbocycles. The second-order valence-corrected chi connectivity index (χ2v) is 9.61. The van der Waals surface area contributed by atoms with Gasteiger partial charge in [0.05, 0.1) is 5.69 Å². The summed E-state index contributed by atoms with van der Waals surface area (Å²) in [6, 6.07) is 11.5. The van der Waals surface area contributed by atoms with Crippen molar-refractivity contribution in [2.45, 2.75) is 0 Å². The Morgan fingerprint density at radius 2 is 1.78 bits per heavy atom. The number of anilines is 1. The van der Waals surface area contributed by atoms with Crippen molar-refractivity contribution < 1.29 is 8.42 Å². The molecule has 1 fully saturated rings. The summed E-state index contributed by atoms with van der Waals surface area (Å²) in [6.45, 7) is 2.23. The van der Waals surface area contributed by atoms with E-state index in [4.69, 9.17) is 4.98 Å². The molecule has 27 heavy (non-hydrogen) atoms. The predicted octanol–water partition coefficient (Wildman–Crippen LogP) is 3.99. The third kappa shape index (κ3) is 4.30. The molecule has 3 aromatic rings. The Morgan fingerprint density at radius 1 is 1.00 bits per heavy atom. The van der Waals surface area contributed by atoms with Crippen LogP contribution in [-0.2, 0) is 10.0 Å². The molecule has 0 bridgehead atoms. The topological polar surface area (TPSA) is 53.5 Å². The van der Waals surface area contributed by atoms with Gasteiger partial charge < -0.3 is 4.90 Å². The molecule has 8 heteroatoms. The molecule has 2 aromatic heterocycles. The summed E-state index contributed by atoms with van der Waals surface area (Å²) in [5.74, 6) is 0. The van der Waals surface area contributed by atoms with E-state index in [2.05, 4.69) is 21.7 Å². The van der Waals surface area contributed by atoms with Crippen molar-refractivity contribution in [2.75, 3.05) is 31.1 Å². The Kier molecular flexibility index (Phi) is 5.40. The molecular formula is C19H19N3O2S3. The molecule has 0 radical (unpaired) electrons. The summed E-state index contributed by atoms with van der Waals surface area (Å²) in [4.78, 5) is 6.87. The molecule has 0 N–H and O–H groups in total. The Hall–Kier alpha value is -2.00. The van der Waals surface area contributed by atoms with Crippen LogP contribution in [0.25, 0.3) is 17.3 Å². The van der Waals surface area contributed by atoms with Crippen molar-refractivity contribution in [2.24, 2.45) is 0 Å². The Balaban J connectivity index is 1.39. The maximum absolute atomic E-state index is 12.6. The molecule has 1 aliphatic heterocycles. The smallest absolute Gasteiger partial charge is 0.236 e. The highest BCUT2D eigenvalue weighted by molar-refractivity contribution is 7.92. The van der Waals surface area contributed by atoms with E-state index in [1.54, 1.807) is 28.7 Å². The van der Waals surface area contributed by atoms with E-state index in [0.29, 0.717) is 26.2 Å². The fourth-order valence-electron chi connectivity index (χ4n) is 2.90. The van der Waals surface area contributed by atoms with Crippen LogP contribution >= 0.6 is 22.7 Å². The van der Waals surface area contributed by atoms with Crippen molar-refractivity contribution in [3.05, 3.63) is 63.5 Å². The zero-order valence-corrected chi connectivity index (χ0v) is 17.0. The monoisotopic (exact) mass is 417 g/mol. The number of aromatic nitrogens is 1. The second-order valence-electron chi connectivity index (χ2n) is 6.17. The predicted molar refractivity (Wildman–Crippen MR) is 114 cm³/mol. The van der Waals surface area contributed by atoms with Crippen LogP contribution < -0.4 is 4.90 Å². The molecule has 0 atom stereocenters. The molecule has 1 aromatic carbocycles. The summed E-state index contributed by atoms with van der Waals surface area (Å²) in [5.41, 5.74) is 3.00. The summed E-state index contributed by atoms with van der Waals surface area (Å²) in [6.07, 6.45) is 1.65. The van der Waals surface area contributed by atoms with Gasteiger partial charge in [-0.15, -0.1) is 11.3 Å². The fraction of sp³-hybridized carbons (Fsp3) is 0.211. The molecule has 1 saturated heterocycles. The van der Waals surface area contributed by atoms with E-state index in [9.17, 15) is 8.42 Å². The van der Waals surface area contributed by atoms with Crippen molar-refractivity contribution in [3.63, 3.8) is 0 Å². The Bertz CT molecular complexity index is 1000. The molecule has 0 amide bonds. The first-order valence-electron chi connectivity index (χ1n) is 8.58. The zero-order valence-electron chi connectivity index (χ0n) is 14.6. The van der Waals surface area contributed by atoms with Crippen LogP contribution in [0.15, 0.2) is 57.9 Å². The van der Waals surface area contributed by atoms with E-state index in [1.807, 2.05) is 35.7 Å². The molecule has 140 valence electrons. The zero-order chi connectivity index (χ0) is 18.7.